The van der Waals surface area contributed by atoms with Crippen LogP contribution in [0.1, 0.15) is 29.6 Å². The van der Waals surface area contributed by atoms with Crippen molar-refractivity contribution in [2.24, 2.45) is 0 Å². The van der Waals surface area contributed by atoms with Gasteiger partial charge in [-0.15, -0.1) is 0 Å². The van der Waals surface area contributed by atoms with Crippen molar-refractivity contribution in [3.05, 3.63) is 29.8 Å². The van der Waals surface area contributed by atoms with Crippen molar-refractivity contribution in [2.75, 3.05) is 33.4 Å². The number of rotatable bonds is 7. The molecule has 1 N–H and O–H groups in total. The lowest BCUT2D eigenvalue weighted by Crippen LogP contribution is -2.35. The Kier molecular flexibility index (Phi) is 6.52. The fraction of sp³-hybridized carbons (Fsp3) is 0.533. The van der Waals surface area contributed by atoms with Crippen molar-refractivity contribution in [3.63, 3.8) is 0 Å². The number of hydrogen-bond donors (Lipinski definition) is 1. The Morgan fingerprint density at radius 2 is 1.78 bits per heavy atom. The SMILES string of the molecule is COCCONC(=O)c1ccc(S(=O)(=O)N2CCCCC2)cc1. The van der Waals surface area contributed by atoms with Crippen molar-refractivity contribution < 1.29 is 22.8 Å². The average molecular weight is 342 g/mol. The monoisotopic (exact) mass is 342 g/mol. The summed E-state index contributed by atoms with van der Waals surface area (Å²) in [5.74, 6) is -0.428. The molecule has 1 aromatic rings. The van der Waals surface area contributed by atoms with Crippen LogP contribution in [0.25, 0.3) is 0 Å². The number of benzene rings is 1. The van der Waals surface area contributed by atoms with Gasteiger partial charge in [-0.1, -0.05) is 6.42 Å². The molecule has 2 rings (SSSR count). The highest BCUT2D eigenvalue weighted by Crippen LogP contribution is 2.20. The number of carbonyl (C=O) groups is 1. The van der Waals surface area contributed by atoms with E-state index in [-0.39, 0.29) is 11.5 Å². The van der Waals surface area contributed by atoms with Gasteiger partial charge in [0.15, 0.2) is 0 Å². The van der Waals surface area contributed by atoms with Crippen LogP contribution in [0.4, 0.5) is 0 Å². The standard InChI is InChI=1S/C15H22N2O5S/c1-21-11-12-22-16-15(18)13-5-7-14(8-6-13)23(19,20)17-9-3-2-4-10-17/h5-8H,2-4,9-12H2,1H3,(H,16,18). The van der Waals surface area contributed by atoms with E-state index in [2.05, 4.69) is 5.48 Å². The lowest BCUT2D eigenvalue weighted by molar-refractivity contribution is 0.00888. The number of amides is 1. The van der Waals surface area contributed by atoms with Gasteiger partial charge in [0.2, 0.25) is 10.0 Å². The molecule has 0 atom stereocenters. The van der Waals surface area contributed by atoms with Crippen LogP contribution in [0.5, 0.6) is 0 Å². The summed E-state index contributed by atoms with van der Waals surface area (Å²) in [5, 5.41) is 0. The van der Waals surface area contributed by atoms with E-state index in [1.807, 2.05) is 0 Å². The van der Waals surface area contributed by atoms with E-state index in [9.17, 15) is 13.2 Å². The smallest absolute Gasteiger partial charge is 0.274 e. The molecule has 1 aromatic carbocycles. The van der Waals surface area contributed by atoms with E-state index in [1.54, 1.807) is 0 Å². The van der Waals surface area contributed by atoms with Gasteiger partial charge in [0.25, 0.3) is 5.91 Å². The fourth-order valence-electron chi connectivity index (χ4n) is 2.33. The van der Waals surface area contributed by atoms with Gasteiger partial charge in [0, 0.05) is 25.8 Å². The summed E-state index contributed by atoms with van der Waals surface area (Å²) < 4.78 is 31.3. The molecule has 1 amide bonds. The largest absolute Gasteiger partial charge is 0.382 e. The van der Waals surface area contributed by atoms with Crippen molar-refractivity contribution in [1.29, 1.82) is 0 Å². The molecule has 23 heavy (non-hydrogen) atoms. The predicted octanol–water partition coefficient (Wildman–Crippen LogP) is 1.17. The van der Waals surface area contributed by atoms with Gasteiger partial charge in [0.1, 0.15) is 0 Å². The highest BCUT2D eigenvalue weighted by atomic mass is 32.2. The first-order valence-electron chi connectivity index (χ1n) is 7.57. The second-order valence-corrected chi connectivity index (χ2v) is 7.20. The first-order chi connectivity index (χ1) is 11.1. The molecule has 0 spiro atoms. The molecule has 0 bridgehead atoms. The normalized spacial score (nSPS) is 16.2. The van der Waals surface area contributed by atoms with Gasteiger partial charge in [0.05, 0.1) is 18.1 Å². The highest BCUT2D eigenvalue weighted by Gasteiger charge is 2.25. The molecule has 1 fully saturated rings. The van der Waals surface area contributed by atoms with E-state index in [0.717, 1.165) is 19.3 Å². The van der Waals surface area contributed by atoms with Crippen molar-refractivity contribution in [1.82, 2.24) is 9.79 Å². The zero-order valence-corrected chi connectivity index (χ0v) is 14.0. The third-order valence-electron chi connectivity index (χ3n) is 3.62. The molecule has 1 aliphatic rings. The van der Waals surface area contributed by atoms with E-state index in [4.69, 9.17) is 9.57 Å². The number of carbonyl (C=O) groups excluding carboxylic acids is 1. The zero-order chi connectivity index (χ0) is 16.7. The maximum atomic E-state index is 12.5. The number of sulfonamides is 1. The van der Waals surface area contributed by atoms with Gasteiger partial charge in [-0.05, 0) is 37.1 Å². The number of hydroxylamine groups is 1. The first kappa shape index (κ1) is 17.9. The number of nitrogens with zero attached hydrogens (tertiary/aromatic N) is 1. The van der Waals surface area contributed by atoms with Gasteiger partial charge < -0.3 is 4.74 Å². The van der Waals surface area contributed by atoms with Crippen LogP contribution in [0, 0.1) is 0 Å². The number of piperidine rings is 1. The zero-order valence-electron chi connectivity index (χ0n) is 13.2. The summed E-state index contributed by atoms with van der Waals surface area (Å²) in [6.45, 7) is 1.72. The molecule has 1 aliphatic heterocycles. The second kappa shape index (κ2) is 8.39. The Labute approximate surface area is 136 Å². The first-order valence-corrected chi connectivity index (χ1v) is 9.01. The molecule has 0 unspecified atom stereocenters. The van der Waals surface area contributed by atoms with Crippen LogP contribution < -0.4 is 5.48 Å². The maximum absolute atomic E-state index is 12.5. The lowest BCUT2D eigenvalue weighted by atomic mass is 10.2. The quantitative estimate of drug-likeness (QED) is 0.594. The minimum absolute atomic E-state index is 0.205. The minimum atomic E-state index is -3.47. The van der Waals surface area contributed by atoms with Crippen LogP contribution in [0.3, 0.4) is 0 Å². The molecular weight excluding hydrogens is 320 g/mol. The van der Waals surface area contributed by atoms with Crippen LogP contribution in [0.2, 0.25) is 0 Å². The van der Waals surface area contributed by atoms with E-state index in [0.29, 0.717) is 25.3 Å². The second-order valence-electron chi connectivity index (χ2n) is 5.26. The Hall–Kier alpha value is -1.48. The lowest BCUT2D eigenvalue weighted by Gasteiger charge is -2.25. The van der Waals surface area contributed by atoms with Gasteiger partial charge in [-0.3, -0.25) is 9.63 Å². The molecule has 128 valence electrons. The summed E-state index contributed by atoms with van der Waals surface area (Å²) in [6.07, 6.45) is 2.84. The molecule has 7 nitrogen and oxygen atoms in total. The summed E-state index contributed by atoms with van der Waals surface area (Å²) in [6, 6.07) is 5.86. The van der Waals surface area contributed by atoms with Crippen molar-refractivity contribution >= 4 is 15.9 Å². The average Bonchev–Trinajstić information content (AvgIpc) is 2.59. The highest BCUT2D eigenvalue weighted by molar-refractivity contribution is 7.89. The third kappa shape index (κ3) is 4.74. The Bertz CT molecular complexity index is 609. The minimum Gasteiger partial charge on any atom is -0.382 e. The number of nitrogens with one attached hydrogen (secondary N) is 1. The van der Waals surface area contributed by atoms with Crippen LogP contribution in [-0.4, -0.2) is 52.0 Å². The molecule has 1 heterocycles. The Morgan fingerprint density at radius 3 is 2.39 bits per heavy atom. The number of ether oxygens (including phenoxy) is 1. The Morgan fingerprint density at radius 1 is 1.13 bits per heavy atom. The number of methoxy groups -OCH3 is 1. The van der Waals surface area contributed by atoms with Crippen LogP contribution in [0.15, 0.2) is 29.2 Å². The van der Waals surface area contributed by atoms with E-state index in [1.165, 1.54) is 35.7 Å². The van der Waals surface area contributed by atoms with Crippen LogP contribution in [-0.2, 0) is 19.6 Å². The van der Waals surface area contributed by atoms with E-state index < -0.39 is 15.9 Å². The summed E-state index contributed by atoms with van der Waals surface area (Å²) in [5.41, 5.74) is 2.61. The van der Waals surface area contributed by atoms with Gasteiger partial charge >= 0.3 is 0 Å². The van der Waals surface area contributed by atoms with Crippen molar-refractivity contribution in [3.8, 4) is 0 Å². The molecule has 1 saturated heterocycles. The van der Waals surface area contributed by atoms with Crippen LogP contribution >= 0.6 is 0 Å². The van der Waals surface area contributed by atoms with Gasteiger partial charge in [-0.25, -0.2) is 13.9 Å². The maximum Gasteiger partial charge on any atom is 0.274 e. The predicted molar refractivity (Wildman–Crippen MR) is 84.3 cm³/mol. The molecule has 0 aliphatic carbocycles. The summed E-state index contributed by atoms with van der Waals surface area (Å²) in [4.78, 5) is 17.0. The topological polar surface area (TPSA) is 84.9 Å². The third-order valence-corrected chi connectivity index (χ3v) is 5.54. The summed E-state index contributed by atoms with van der Waals surface area (Å²) >= 11 is 0. The van der Waals surface area contributed by atoms with Gasteiger partial charge in [-0.2, -0.15) is 4.31 Å². The Balaban J connectivity index is 1.99. The molecule has 0 saturated carbocycles. The van der Waals surface area contributed by atoms with E-state index >= 15 is 0 Å². The molecule has 0 aromatic heterocycles. The number of hydrogen-bond acceptors (Lipinski definition) is 5. The molecule has 8 heteroatoms. The molecular formula is C15H22N2O5S. The molecule has 0 radical (unpaired) electrons. The summed E-state index contributed by atoms with van der Waals surface area (Å²) in [7, 11) is -1.94. The fourth-order valence-corrected chi connectivity index (χ4v) is 3.85. The van der Waals surface area contributed by atoms with Crippen molar-refractivity contribution in [2.45, 2.75) is 24.2 Å².